The second kappa shape index (κ2) is 8.15. The van der Waals surface area contributed by atoms with E-state index in [9.17, 15) is 9.59 Å². The topological polar surface area (TPSA) is 70.2 Å². The van der Waals surface area contributed by atoms with Gasteiger partial charge in [-0.3, -0.25) is 9.59 Å². The van der Waals surface area contributed by atoms with Gasteiger partial charge in [-0.1, -0.05) is 6.07 Å². The van der Waals surface area contributed by atoms with Gasteiger partial charge in [-0.05, 0) is 57.9 Å². The highest BCUT2D eigenvalue weighted by atomic mass is 35.5. The first-order valence-corrected chi connectivity index (χ1v) is 7.43. The summed E-state index contributed by atoms with van der Waals surface area (Å²) in [6.07, 6.45) is 1.88. The first kappa shape index (κ1) is 18.5. The zero-order valence-electron chi connectivity index (χ0n) is 13.2. The summed E-state index contributed by atoms with van der Waals surface area (Å²) in [6.45, 7) is 6.61. The van der Waals surface area contributed by atoms with Gasteiger partial charge in [0.15, 0.2) is 0 Å². The number of carbonyl (C=O) groups is 2. The quantitative estimate of drug-likeness (QED) is 0.795. The largest absolute Gasteiger partial charge is 0.350 e. The first-order valence-electron chi connectivity index (χ1n) is 7.43. The molecule has 1 saturated heterocycles. The highest BCUT2D eigenvalue weighted by Gasteiger charge is 2.22. The van der Waals surface area contributed by atoms with E-state index in [1.165, 1.54) is 0 Å². The molecule has 122 valence electrons. The van der Waals surface area contributed by atoms with Gasteiger partial charge in [-0.15, -0.1) is 12.4 Å². The lowest BCUT2D eigenvalue weighted by atomic mass is 10.1. The van der Waals surface area contributed by atoms with Crippen LogP contribution in [0, 0.1) is 6.92 Å². The van der Waals surface area contributed by atoms with E-state index in [1.54, 1.807) is 6.07 Å². The molecule has 1 unspecified atom stereocenters. The fourth-order valence-electron chi connectivity index (χ4n) is 2.42. The fourth-order valence-corrected chi connectivity index (χ4v) is 2.42. The van der Waals surface area contributed by atoms with E-state index in [4.69, 9.17) is 0 Å². The summed E-state index contributed by atoms with van der Waals surface area (Å²) >= 11 is 0. The van der Waals surface area contributed by atoms with Crippen LogP contribution in [0.2, 0.25) is 0 Å². The van der Waals surface area contributed by atoms with Gasteiger partial charge >= 0.3 is 0 Å². The SMILES string of the molecule is Cc1ccc(NC(=O)C2CCCN2)cc1C(=O)NC(C)C.Cl. The highest BCUT2D eigenvalue weighted by Crippen LogP contribution is 2.17. The number of anilines is 1. The molecule has 1 aromatic carbocycles. The van der Waals surface area contributed by atoms with Crippen LogP contribution in [0.4, 0.5) is 5.69 Å². The molecule has 0 aromatic heterocycles. The smallest absolute Gasteiger partial charge is 0.251 e. The zero-order chi connectivity index (χ0) is 15.4. The van der Waals surface area contributed by atoms with E-state index in [2.05, 4.69) is 16.0 Å². The molecule has 0 radical (unpaired) electrons. The molecule has 1 aromatic rings. The van der Waals surface area contributed by atoms with E-state index in [-0.39, 0.29) is 36.3 Å². The van der Waals surface area contributed by atoms with Crippen molar-refractivity contribution in [1.82, 2.24) is 10.6 Å². The molecule has 3 N–H and O–H groups in total. The van der Waals surface area contributed by atoms with Crippen molar-refractivity contribution in [2.24, 2.45) is 0 Å². The van der Waals surface area contributed by atoms with E-state index in [0.29, 0.717) is 11.3 Å². The number of carbonyl (C=O) groups excluding carboxylic acids is 2. The van der Waals surface area contributed by atoms with Crippen LogP contribution in [0.25, 0.3) is 0 Å². The Morgan fingerprint density at radius 3 is 2.64 bits per heavy atom. The van der Waals surface area contributed by atoms with Crippen molar-refractivity contribution in [1.29, 1.82) is 0 Å². The van der Waals surface area contributed by atoms with Crippen LogP contribution in [0.15, 0.2) is 18.2 Å². The summed E-state index contributed by atoms with van der Waals surface area (Å²) in [5, 5.41) is 8.91. The lowest BCUT2D eigenvalue weighted by Gasteiger charge is -2.14. The van der Waals surface area contributed by atoms with Crippen LogP contribution < -0.4 is 16.0 Å². The molecular weight excluding hydrogens is 302 g/mol. The van der Waals surface area contributed by atoms with E-state index < -0.39 is 0 Å². The molecule has 0 aliphatic carbocycles. The van der Waals surface area contributed by atoms with Crippen molar-refractivity contribution in [3.05, 3.63) is 29.3 Å². The standard InChI is InChI=1S/C16H23N3O2.ClH/c1-10(2)18-15(20)13-9-12(7-6-11(13)3)19-16(21)14-5-4-8-17-14;/h6-7,9-10,14,17H,4-5,8H2,1-3H3,(H,18,20)(H,19,21);1H. The number of halogens is 1. The van der Waals surface area contributed by atoms with Gasteiger partial charge in [-0.25, -0.2) is 0 Å². The molecular formula is C16H24ClN3O2. The average Bonchev–Trinajstić information content (AvgIpc) is 2.94. The molecule has 22 heavy (non-hydrogen) atoms. The molecule has 2 amide bonds. The Labute approximate surface area is 137 Å². The summed E-state index contributed by atoms with van der Waals surface area (Å²) in [4.78, 5) is 24.2. The predicted molar refractivity (Wildman–Crippen MR) is 90.7 cm³/mol. The Morgan fingerprint density at radius 2 is 2.05 bits per heavy atom. The predicted octanol–water partition coefficient (Wildman–Crippen LogP) is 2.25. The van der Waals surface area contributed by atoms with E-state index in [1.807, 2.05) is 32.9 Å². The van der Waals surface area contributed by atoms with Crippen LogP contribution in [0.3, 0.4) is 0 Å². The van der Waals surface area contributed by atoms with Crippen molar-refractivity contribution in [2.45, 2.75) is 45.7 Å². The van der Waals surface area contributed by atoms with Crippen molar-refractivity contribution in [3.8, 4) is 0 Å². The third-order valence-corrected chi connectivity index (χ3v) is 3.55. The molecule has 1 heterocycles. The maximum absolute atomic E-state index is 12.1. The summed E-state index contributed by atoms with van der Waals surface area (Å²) in [7, 11) is 0. The summed E-state index contributed by atoms with van der Waals surface area (Å²) < 4.78 is 0. The maximum Gasteiger partial charge on any atom is 0.251 e. The molecule has 2 rings (SSSR count). The Balaban J connectivity index is 0.00000242. The van der Waals surface area contributed by atoms with Crippen molar-refractivity contribution < 1.29 is 9.59 Å². The Morgan fingerprint density at radius 1 is 1.32 bits per heavy atom. The molecule has 1 aliphatic rings. The van der Waals surface area contributed by atoms with Crippen molar-refractivity contribution in [3.63, 3.8) is 0 Å². The van der Waals surface area contributed by atoms with Crippen LogP contribution in [-0.2, 0) is 4.79 Å². The van der Waals surface area contributed by atoms with Crippen molar-refractivity contribution >= 4 is 29.9 Å². The van der Waals surface area contributed by atoms with E-state index >= 15 is 0 Å². The van der Waals surface area contributed by atoms with Gasteiger partial charge in [0.05, 0.1) is 6.04 Å². The van der Waals surface area contributed by atoms with Gasteiger partial charge in [0.25, 0.3) is 5.91 Å². The minimum absolute atomic E-state index is 0. The summed E-state index contributed by atoms with van der Waals surface area (Å²) in [5.74, 6) is -0.149. The average molecular weight is 326 g/mol. The van der Waals surface area contributed by atoms with Crippen LogP contribution in [0.1, 0.15) is 42.6 Å². The number of rotatable bonds is 4. The molecule has 0 spiro atoms. The van der Waals surface area contributed by atoms with Gasteiger partial charge in [0, 0.05) is 17.3 Å². The van der Waals surface area contributed by atoms with Crippen LogP contribution >= 0.6 is 12.4 Å². The number of hydrogen-bond acceptors (Lipinski definition) is 3. The second-order valence-electron chi connectivity index (χ2n) is 5.80. The normalized spacial score (nSPS) is 17.0. The maximum atomic E-state index is 12.1. The number of nitrogens with one attached hydrogen (secondary N) is 3. The summed E-state index contributed by atoms with van der Waals surface area (Å²) in [5.41, 5.74) is 2.15. The first-order chi connectivity index (χ1) is 9.97. The molecule has 0 bridgehead atoms. The molecule has 1 fully saturated rings. The minimum atomic E-state index is -0.126. The fraction of sp³-hybridized carbons (Fsp3) is 0.500. The van der Waals surface area contributed by atoms with Crippen LogP contribution in [0.5, 0.6) is 0 Å². The third-order valence-electron chi connectivity index (χ3n) is 3.55. The number of aryl methyl sites for hydroxylation is 1. The lowest BCUT2D eigenvalue weighted by Crippen LogP contribution is -2.35. The zero-order valence-corrected chi connectivity index (χ0v) is 14.0. The van der Waals surface area contributed by atoms with Gasteiger partial charge < -0.3 is 16.0 Å². The molecule has 1 aliphatic heterocycles. The van der Waals surface area contributed by atoms with Crippen molar-refractivity contribution in [2.75, 3.05) is 11.9 Å². The van der Waals surface area contributed by atoms with E-state index in [0.717, 1.165) is 24.9 Å². The van der Waals surface area contributed by atoms with Gasteiger partial charge in [0.2, 0.25) is 5.91 Å². The van der Waals surface area contributed by atoms with Crippen LogP contribution in [-0.4, -0.2) is 30.4 Å². The molecule has 1 atom stereocenters. The molecule has 5 nitrogen and oxygen atoms in total. The highest BCUT2D eigenvalue weighted by molar-refractivity contribution is 5.99. The lowest BCUT2D eigenvalue weighted by molar-refractivity contribution is -0.117. The van der Waals surface area contributed by atoms with Gasteiger partial charge in [0.1, 0.15) is 0 Å². The number of amides is 2. The van der Waals surface area contributed by atoms with Gasteiger partial charge in [-0.2, -0.15) is 0 Å². The number of hydrogen-bond donors (Lipinski definition) is 3. The Hall–Kier alpha value is -1.59. The summed E-state index contributed by atoms with van der Waals surface area (Å²) in [6, 6.07) is 5.37. The Kier molecular flexibility index (Phi) is 6.84. The second-order valence-corrected chi connectivity index (χ2v) is 5.80. The molecule has 0 saturated carbocycles. The number of benzene rings is 1. The third kappa shape index (κ3) is 4.71. The minimum Gasteiger partial charge on any atom is -0.350 e. The molecule has 6 heteroatoms. The Bertz CT molecular complexity index is 540. The monoisotopic (exact) mass is 325 g/mol.